The Kier molecular flexibility index (Phi) is 4.00. The van der Waals surface area contributed by atoms with Crippen LogP contribution >= 0.6 is 11.6 Å². The van der Waals surface area contributed by atoms with Crippen LogP contribution in [0.3, 0.4) is 0 Å². The number of anilines is 1. The number of rotatable bonds is 3. The third kappa shape index (κ3) is 3.70. The van der Waals surface area contributed by atoms with E-state index in [0.29, 0.717) is 5.02 Å². The summed E-state index contributed by atoms with van der Waals surface area (Å²) in [6, 6.07) is 7.45. The topological polar surface area (TPSA) is 55.1 Å². The monoisotopic (exact) mass is 308 g/mol. The Morgan fingerprint density at radius 3 is 2.19 bits per heavy atom. The first-order chi connectivity index (χ1) is 9.54. The average Bonchev–Trinajstić information content (AvgIpc) is 2.23. The smallest absolute Gasteiger partial charge is 0.243 e. The van der Waals surface area contributed by atoms with Gasteiger partial charge in [-0.1, -0.05) is 45.4 Å². The Morgan fingerprint density at radius 2 is 1.71 bits per heavy atom. The van der Waals surface area contributed by atoms with Crippen molar-refractivity contribution in [2.24, 2.45) is 16.6 Å². The molecule has 4 heteroatoms. The molecule has 1 fully saturated rings. The molecule has 1 aromatic carbocycles. The highest BCUT2D eigenvalue weighted by Crippen LogP contribution is 2.51. The van der Waals surface area contributed by atoms with Crippen molar-refractivity contribution in [3.8, 4) is 0 Å². The summed E-state index contributed by atoms with van der Waals surface area (Å²) in [6.07, 6.45) is 2.53. The van der Waals surface area contributed by atoms with Gasteiger partial charge in [0.25, 0.3) is 0 Å². The third-order valence-corrected chi connectivity index (χ3v) is 4.43. The van der Waals surface area contributed by atoms with E-state index in [1.165, 1.54) is 0 Å². The number of primary amides is 1. The van der Waals surface area contributed by atoms with Gasteiger partial charge in [-0.25, -0.2) is 0 Å². The molecule has 0 unspecified atom stereocenters. The predicted octanol–water partition coefficient (Wildman–Crippen LogP) is 4.21. The molecular formula is C17H25ClN2O. The normalized spacial score (nSPS) is 22.5. The van der Waals surface area contributed by atoms with Crippen molar-refractivity contribution in [1.29, 1.82) is 0 Å². The van der Waals surface area contributed by atoms with Gasteiger partial charge in [-0.15, -0.1) is 0 Å². The highest BCUT2D eigenvalue weighted by Gasteiger charge is 2.50. The fourth-order valence-corrected chi connectivity index (χ4v) is 4.47. The van der Waals surface area contributed by atoms with E-state index in [1.54, 1.807) is 0 Å². The van der Waals surface area contributed by atoms with Crippen LogP contribution in [0.4, 0.5) is 5.69 Å². The largest absolute Gasteiger partial charge is 0.371 e. The van der Waals surface area contributed by atoms with Gasteiger partial charge in [0.05, 0.1) is 0 Å². The second-order valence-corrected chi connectivity index (χ2v) is 8.38. The average molecular weight is 309 g/mol. The minimum absolute atomic E-state index is 0.0579. The lowest BCUT2D eigenvalue weighted by atomic mass is 9.58. The van der Waals surface area contributed by atoms with Crippen molar-refractivity contribution in [2.45, 2.75) is 52.5 Å². The van der Waals surface area contributed by atoms with Gasteiger partial charge in [-0.2, -0.15) is 0 Å². The highest BCUT2D eigenvalue weighted by molar-refractivity contribution is 6.30. The molecule has 1 aliphatic rings. The number of hydrogen-bond acceptors (Lipinski definition) is 2. The summed E-state index contributed by atoms with van der Waals surface area (Å²) in [7, 11) is 0. The summed E-state index contributed by atoms with van der Waals surface area (Å²) in [5.74, 6) is -0.289. The van der Waals surface area contributed by atoms with Gasteiger partial charge in [0.2, 0.25) is 5.91 Å². The Labute approximate surface area is 132 Å². The fraction of sp³-hybridized carbons (Fsp3) is 0.588. The van der Waals surface area contributed by atoms with Gasteiger partial charge in [-0.3, -0.25) is 4.79 Å². The molecule has 0 heterocycles. The minimum Gasteiger partial charge on any atom is -0.371 e. The number of benzene rings is 1. The van der Waals surface area contributed by atoms with E-state index in [9.17, 15) is 4.79 Å². The molecule has 0 radical (unpaired) electrons. The summed E-state index contributed by atoms with van der Waals surface area (Å²) in [6.45, 7) is 8.80. The van der Waals surface area contributed by atoms with Gasteiger partial charge in [0.1, 0.15) is 5.54 Å². The summed E-state index contributed by atoms with van der Waals surface area (Å²) < 4.78 is 0. The van der Waals surface area contributed by atoms with Crippen molar-refractivity contribution in [2.75, 3.05) is 5.32 Å². The zero-order valence-corrected chi connectivity index (χ0v) is 14.1. The van der Waals surface area contributed by atoms with Crippen LogP contribution in [-0.4, -0.2) is 11.4 Å². The van der Waals surface area contributed by atoms with Crippen molar-refractivity contribution >= 4 is 23.2 Å². The minimum atomic E-state index is -0.726. The first-order valence-corrected chi connectivity index (χ1v) is 7.75. The van der Waals surface area contributed by atoms with E-state index in [-0.39, 0.29) is 16.7 Å². The molecule has 1 amide bonds. The Bertz CT molecular complexity index is 535. The van der Waals surface area contributed by atoms with Crippen LogP contribution in [0, 0.1) is 10.8 Å². The molecule has 1 saturated carbocycles. The molecule has 0 aliphatic heterocycles. The molecule has 1 aromatic rings. The summed E-state index contributed by atoms with van der Waals surface area (Å²) in [5.41, 5.74) is 6.03. The Hall–Kier alpha value is -1.22. The highest BCUT2D eigenvalue weighted by atomic mass is 35.5. The van der Waals surface area contributed by atoms with Crippen LogP contribution in [0.2, 0.25) is 5.02 Å². The Balaban J connectivity index is 2.39. The number of nitrogens with two attached hydrogens (primary N) is 1. The van der Waals surface area contributed by atoms with Gasteiger partial charge >= 0.3 is 0 Å². The lowest BCUT2D eigenvalue weighted by Crippen LogP contribution is -2.58. The van der Waals surface area contributed by atoms with Crippen molar-refractivity contribution in [3.05, 3.63) is 29.3 Å². The SMILES string of the molecule is CC1(C)CC(C)(C)CC(Nc2cccc(Cl)c2)(C(N)=O)C1. The van der Waals surface area contributed by atoms with Crippen LogP contribution in [0.1, 0.15) is 47.0 Å². The number of halogens is 1. The number of carbonyl (C=O) groups is 1. The van der Waals surface area contributed by atoms with Gasteiger partial charge < -0.3 is 11.1 Å². The van der Waals surface area contributed by atoms with Crippen molar-refractivity contribution in [3.63, 3.8) is 0 Å². The van der Waals surface area contributed by atoms with Gasteiger partial charge in [0, 0.05) is 10.7 Å². The van der Waals surface area contributed by atoms with Gasteiger partial charge in [-0.05, 0) is 48.3 Å². The molecule has 116 valence electrons. The molecule has 3 N–H and O–H groups in total. The second kappa shape index (κ2) is 5.20. The molecule has 0 bridgehead atoms. The summed E-state index contributed by atoms with van der Waals surface area (Å²) >= 11 is 6.04. The first kappa shape index (κ1) is 16.2. The Morgan fingerprint density at radius 1 is 1.14 bits per heavy atom. The van der Waals surface area contributed by atoms with Crippen molar-refractivity contribution in [1.82, 2.24) is 0 Å². The van der Waals surface area contributed by atoms with Crippen LogP contribution in [0.5, 0.6) is 0 Å². The molecular weight excluding hydrogens is 284 g/mol. The second-order valence-electron chi connectivity index (χ2n) is 7.94. The van der Waals surface area contributed by atoms with E-state index in [2.05, 4.69) is 33.0 Å². The quantitative estimate of drug-likeness (QED) is 0.878. The predicted molar refractivity (Wildman–Crippen MR) is 88.4 cm³/mol. The van der Waals surface area contributed by atoms with E-state index in [1.807, 2.05) is 24.3 Å². The number of nitrogens with one attached hydrogen (secondary N) is 1. The molecule has 0 saturated heterocycles. The number of amides is 1. The van der Waals surface area contributed by atoms with Crippen LogP contribution in [0.25, 0.3) is 0 Å². The third-order valence-electron chi connectivity index (χ3n) is 4.20. The van der Waals surface area contributed by atoms with Crippen LogP contribution in [-0.2, 0) is 4.79 Å². The molecule has 0 spiro atoms. The molecule has 3 nitrogen and oxygen atoms in total. The van der Waals surface area contributed by atoms with Crippen LogP contribution in [0.15, 0.2) is 24.3 Å². The maximum absolute atomic E-state index is 12.3. The number of carbonyl (C=O) groups excluding carboxylic acids is 1. The van der Waals surface area contributed by atoms with E-state index < -0.39 is 5.54 Å². The first-order valence-electron chi connectivity index (χ1n) is 7.37. The van der Waals surface area contributed by atoms with E-state index in [4.69, 9.17) is 17.3 Å². The lowest BCUT2D eigenvalue weighted by Gasteiger charge is -2.51. The molecule has 0 aromatic heterocycles. The van der Waals surface area contributed by atoms with Gasteiger partial charge in [0.15, 0.2) is 0 Å². The molecule has 2 rings (SSSR count). The number of hydrogen-bond donors (Lipinski definition) is 2. The maximum Gasteiger partial charge on any atom is 0.243 e. The molecule has 21 heavy (non-hydrogen) atoms. The lowest BCUT2D eigenvalue weighted by molar-refractivity contribution is -0.126. The van der Waals surface area contributed by atoms with E-state index >= 15 is 0 Å². The molecule has 0 atom stereocenters. The van der Waals surface area contributed by atoms with Crippen molar-refractivity contribution < 1.29 is 4.79 Å². The summed E-state index contributed by atoms with van der Waals surface area (Å²) in [4.78, 5) is 12.3. The summed E-state index contributed by atoms with van der Waals surface area (Å²) in [5, 5.41) is 4.03. The van der Waals surface area contributed by atoms with E-state index in [0.717, 1.165) is 24.9 Å². The zero-order valence-electron chi connectivity index (χ0n) is 13.3. The standard InChI is InChI=1S/C17H25ClN2O/c1-15(2)9-16(3,4)11-17(10-15,14(19)21)20-13-7-5-6-12(18)8-13/h5-8,20H,9-11H2,1-4H3,(H2,19,21). The van der Waals surface area contributed by atoms with Crippen LogP contribution < -0.4 is 11.1 Å². The maximum atomic E-state index is 12.3. The fourth-order valence-electron chi connectivity index (χ4n) is 4.28. The molecule has 1 aliphatic carbocycles. The zero-order chi connectivity index (χ0) is 15.9.